The zero-order valence-electron chi connectivity index (χ0n) is 30.9. The van der Waals surface area contributed by atoms with E-state index in [0.29, 0.717) is 75.7 Å². The van der Waals surface area contributed by atoms with E-state index in [2.05, 4.69) is 63.4 Å². The fourth-order valence-corrected chi connectivity index (χ4v) is 7.42. The number of pyridine rings is 2. The lowest BCUT2D eigenvalue weighted by molar-refractivity contribution is -0.181. The van der Waals surface area contributed by atoms with Crippen LogP contribution in [0.1, 0.15) is 76.6 Å². The molecular formula is C42H42N10O3. The Morgan fingerprint density at radius 3 is 1.93 bits per heavy atom. The Morgan fingerprint density at radius 1 is 0.709 bits per heavy atom. The number of aliphatic hydroxyl groups is 1. The van der Waals surface area contributed by atoms with Gasteiger partial charge in [-0.15, -0.1) is 0 Å². The second kappa shape index (κ2) is 15.0. The molecule has 0 aliphatic carbocycles. The first-order valence-electron chi connectivity index (χ1n) is 18.4. The first kappa shape index (κ1) is 35.9. The minimum absolute atomic E-state index is 0.349. The quantitative estimate of drug-likeness (QED) is 0.224. The van der Waals surface area contributed by atoms with Gasteiger partial charge in [-0.3, -0.25) is 0 Å². The predicted octanol–water partition coefficient (Wildman–Crippen LogP) is 4.21. The van der Waals surface area contributed by atoms with Gasteiger partial charge in [0, 0.05) is 68.1 Å². The van der Waals surface area contributed by atoms with Crippen molar-refractivity contribution in [3.8, 4) is 23.7 Å². The first-order chi connectivity index (χ1) is 26.7. The summed E-state index contributed by atoms with van der Waals surface area (Å²) in [6, 6.07) is 15.4. The van der Waals surface area contributed by atoms with Crippen LogP contribution in [0.2, 0.25) is 0 Å². The smallest absolute Gasteiger partial charge is 0.172 e. The molecule has 55 heavy (non-hydrogen) atoms. The summed E-state index contributed by atoms with van der Waals surface area (Å²) >= 11 is 0. The Morgan fingerprint density at radius 2 is 1.31 bits per heavy atom. The molecule has 1 aromatic carbocycles. The molecule has 278 valence electrons. The van der Waals surface area contributed by atoms with Crippen molar-refractivity contribution in [1.82, 2.24) is 29.9 Å². The zero-order valence-corrected chi connectivity index (χ0v) is 30.9. The topological polar surface area (TPSA) is 175 Å². The van der Waals surface area contributed by atoms with E-state index in [1.165, 1.54) is 0 Å². The summed E-state index contributed by atoms with van der Waals surface area (Å²) < 4.78 is 13.0. The molecule has 1 atom stereocenters. The molecule has 3 fully saturated rings. The lowest BCUT2D eigenvalue weighted by Crippen LogP contribution is -2.45. The lowest BCUT2D eigenvalue weighted by Gasteiger charge is -2.39. The lowest BCUT2D eigenvalue weighted by atomic mass is 9.84. The maximum Gasteiger partial charge on any atom is 0.172 e. The van der Waals surface area contributed by atoms with Gasteiger partial charge in [0.1, 0.15) is 42.0 Å². The normalized spacial score (nSPS) is 18.6. The summed E-state index contributed by atoms with van der Waals surface area (Å²) in [5, 5.41) is 11.4. The van der Waals surface area contributed by atoms with Gasteiger partial charge in [0.05, 0.1) is 34.7 Å². The van der Waals surface area contributed by atoms with Gasteiger partial charge in [0.2, 0.25) is 0 Å². The number of rotatable bonds is 4. The van der Waals surface area contributed by atoms with Crippen LogP contribution in [-0.4, -0.2) is 73.6 Å². The summed E-state index contributed by atoms with van der Waals surface area (Å²) in [7, 11) is 0. The number of ether oxygens (including phenoxy) is 2. The van der Waals surface area contributed by atoms with Crippen molar-refractivity contribution in [2.24, 2.45) is 0 Å². The minimum Gasteiger partial charge on any atom is -0.385 e. The summed E-state index contributed by atoms with van der Waals surface area (Å²) in [4.78, 5) is 31.1. The van der Waals surface area contributed by atoms with E-state index < -0.39 is 17.5 Å². The maximum absolute atomic E-state index is 11.4. The second-order valence-corrected chi connectivity index (χ2v) is 14.2. The standard InChI is InChI=1S/C42H42N10O3/c1-28-33(11-8-30-10-13-37(43)45-23-30)40(50-27-47-28)52-20-16-42(17-21-52)54-25-36(55-42)35-22-31(24-46-38(35)44)9-12-34-29(2)48-26-49-39(34)51-18-14-41(53,15-19-51)32-6-4-3-5-7-32/h3-7,10,13,22-24,26-27,36,53H,14-21,25H2,1-2H3,(H2,43,45)(H2,44,46). The number of aromatic nitrogens is 6. The minimum atomic E-state index is -0.870. The molecule has 5 N–H and O–H groups in total. The second-order valence-electron chi connectivity index (χ2n) is 14.2. The highest BCUT2D eigenvalue weighted by atomic mass is 16.7. The number of piperidine rings is 2. The van der Waals surface area contributed by atoms with Gasteiger partial charge < -0.3 is 35.8 Å². The Labute approximate surface area is 320 Å². The average molecular weight is 735 g/mol. The van der Waals surface area contributed by atoms with Crippen LogP contribution in [-0.2, 0) is 15.1 Å². The fraction of sp³-hybridized carbons (Fsp3) is 0.333. The van der Waals surface area contributed by atoms with Crippen LogP contribution in [0.15, 0.2) is 73.6 Å². The molecule has 3 saturated heterocycles. The third-order valence-corrected chi connectivity index (χ3v) is 10.7. The van der Waals surface area contributed by atoms with Crippen LogP contribution >= 0.6 is 0 Å². The van der Waals surface area contributed by atoms with Gasteiger partial charge in [-0.05, 0) is 50.5 Å². The van der Waals surface area contributed by atoms with Crippen LogP contribution in [0.5, 0.6) is 0 Å². The molecule has 7 heterocycles. The largest absolute Gasteiger partial charge is 0.385 e. The molecule has 3 aliphatic rings. The van der Waals surface area contributed by atoms with E-state index >= 15 is 0 Å². The van der Waals surface area contributed by atoms with Gasteiger partial charge in [-0.25, -0.2) is 29.9 Å². The molecule has 3 aliphatic heterocycles. The molecule has 1 spiro atoms. The third kappa shape index (κ3) is 7.51. The first-order valence-corrected chi connectivity index (χ1v) is 18.4. The number of benzene rings is 1. The van der Waals surface area contributed by atoms with E-state index in [9.17, 15) is 5.11 Å². The fourth-order valence-electron chi connectivity index (χ4n) is 7.42. The zero-order chi connectivity index (χ0) is 38.0. The summed E-state index contributed by atoms with van der Waals surface area (Å²) in [6.45, 7) is 6.80. The highest BCUT2D eigenvalue weighted by Crippen LogP contribution is 2.42. The summed E-state index contributed by atoms with van der Waals surface area (Å²) in [5.41, 5.74) is 17.5. The Hall–Kier alpha value is -6.12. The number of anilines is 4. The van der Waals surface area contributed by atoms with Crippen molar-refractivity contribution in [2.45, 2.75) is 57.0 Å². The van der Waals surface area contributed by atoms with Crippen molar-refractivity contribution in [3.63, 3.8) is 0 Å². The van der Waals surface area contributed by atoms with E-state index in [4.69, 9.17) is 20.9 Å². The van der Waals surface area contributed by atoms with Gasteiger partial charge in [-0.1, -0.05) is 54.0 Å². The van der Waals surface area contributed by atoms with Crippen molar-refractivity contribution in [3.05, 3.63) is 118 Å². The molecule has 13 nitrogen and oxygen atoms in total. The van der Waals surface area contributed by atoms with Crippen molar-refractivity contribution >= 4 is 23.3 Å². The van der Waals surface area contributed by atoms with E-state index in [1.54, 1.807) is 31.1 Å². The van der Waals surface area contributed by atoms with E-state index in [-0.39, 0.29) is 0 Å². The predicted molar refractivity (Wildman–Crippen MR) is 209 cm³/mol. The van der Waals surface area contributed by atoms with Crippen LogP contribution in [0.3, 0.4) is 0 Å². The molecule has 0 saturated carbocycles. The van der Waals surface area contributed by atoms with Crippen LogP contribution in [0, 0.1) is 37.5 Å². The number of nitrogens with zero attached hydrogens (tertiary/aromatic N) is 8. The number of nitrogens with two attached hydrogens (primary N) is 2. The van der Waals surface area contributed by atoms with E-state index in [0.717, 1.165) is 50.8 Å². The average Bonchev–Trinajstić information content (AvgIpc) is 3.61. The number of nitrogen functional groups attached to an aromatic ring is 2. The van der Waals surface area contributed by atoms with Gasteiger partial charge >= 0.3 is 0 Å². The Balaban J connectivity index is 0.949. The monoisotopic (exact) mass is 734 g/mol. The van der Waals surface area contributed by atoms with Gasteiger partial charge in [0.25, 0.3) is 0 Å². The van der Waals surface area contributed by atoms with Crippen LogP contribution < -0.4 is 21.3 Å². The summed E-state index contributed by atoms with van der Waals surface area (Å²) in [6.07, 6.45) is 8.49. The maximum atomic E-state index is 11.4. The van der Waals surface area contributed by atoms with Crippen molar-refractivity contribution in [1.29, 1.82) is 0 Å². The SMILES string of the molecule is Cc1ncnc(N2CCC3(CC2)OCC(c2cc(C#Cc4c(C)ncnc4N4CCC(O)(c5ccccc5)CC4)cnc2N)O3)c1C#Cc1ccc(N)nc1. The summed E-state index contributed by atoms with van der Waals surface area (Å²) in [5.74, 6) is 14.6. The Bertz CT molecular complexity index is 2320. The van der Waals surface area contributed by atoms with Gasteiger partial charge in [-0.2, -0.15) is 0 Å². The highest BCUT2D eigenvalue weighted by Gasteiger charge is 2.45. The molecule has 0 radical (unpaired) electrons. The molecule has 1 unspecified atom stereocenters. The van der Waals surface area contributed by atoms with E-state index in [1.807, 2.05) is 56.3 Å². The van der Waals surface area contributed by atoms with Crippen molar-refractivity contribution < 1.29 is 14.6 Å². The van der Waals surface area contributed by atoms with Crippen LogP contribution in [0.4, 0.5) is 23.3 Å². The Kier molecular flexibility index (Phi) is 9.76. The molecule has 13 heteroatoms. The number of aryl methyl sites for hydroxylation is 2. The number of hydrogen-bond donors (Lipinski definition) is 3. The molecule has 8 rings (SSSR count). The molecule has 4 aromatic heterocycles. The van der Waals surface area contributed by atoms with Gasteiger partial charge in [0.15, 0.2) is 5.79 Å². The molecule has 0 amide bonds. The van der Waals surface area contributed by atoms with Crippen LogP contribution in [0.25, 0.3) is 0 Å². The molecule has 5 aromatic rings. The highest BCUT2D eigenvalue weighted by molar-refractivity contribution is 5.61. The molecule has 0 bridgehead atoms. The number of hydrogen-bond acceptors (Lipinski definition) is 13. The van der Waals surface area contributed by atoms with Crippen molar-refractivity contribution in [2.75, 3.05) is 54.1 Å². The third-order valence-electron chi connectivity index (χ3n) is 10.7. The molecular weight excluding hydrogens is 693 g/mol.